The minimum absolute atomic E-state index is 0.0768. The van der Waals surface area contributed by atoms with E-state index >= 15 is 0 Å². The third kappa shape index (κ3) is 4.97. The Morgan fingerprint density at radius 3 is 2.26 bits per heavy atom. The standard InChI is InChI=1S/C17H32O5Si/c1-11(2)13(18)15(22-23(8,9)16(3,4)5)14(19)12-10-20-17(6,7)21-12/h12-13,15,18H,1,10H2,2-9H3/t12-,13-,15+/m0/s1. The summed E-state index contributed by atoms with van der Waals surface area (Å²) in [5, 5.41) is 10.4. The summed E-state index contributed by atoms with van der Waals surface area (Å²) in [4.78, 5) is 12.9. The molecule has 1 aliphatic rings. The molecule has 0 aromatic rings. The smallest absolute Gasteiger partial charge is 0.194 e. The third-order valence-corrected chi connectivity index (χ3v) is 9.08. The van der Waals surface area contributed by atoms with Crippen molar-refractivity contribution < 1.29 is 23.8 Å². The van der Waals surface area contributed by atoms with Crippen LogP contribution < -0.4 is 0 Å². The van der Waals surface area contributed by atoms with Crippen molar-refractivity contribution in [1.29, 1.82) is 0 Å². The van der Waals surface area contributed by atoms with E-state index in [0.29, 0.717) is 5.57 Å². The summed E-state index contributed by atoms with van der Waals surface area (Å²) < 4.78 is 17.3. The number of aliphatic hydroxyl groups excluding tert-OH is 1. The third-order valence-electron chi connectivity index (χ3n) is 4.63. The lowest BCUT2D eigenvalue weighted by atomic mass is 10.0. The van der Waals surface area contributed by atoms with E-state index in [4.69, 9.17) is 13.9 Å². The van der Waals surface area contributed by atoms with Crippen molar-refractivity contribution in [2.75, 3.05) is 6.61 Å². The van der Waals surface area contributed by atoms with Gasteiger partial charge in [-0.25, -0.2) is 0 Å². The Morgan fingerprint density at radius 1 is 1.39 bits per heavy atom. The second-order valence-corrected chi connectivity index (χ2v) is 13.1. The minimum Gasteiger partial charge on any atom is -0.404 e. The van der Waals surface area contributed by atoms with Crippen LogP contribution in [0.1, 0.15) is 41.5 Å². The highest BCUT2D eigenvalue weighted by molar-refractivity contribution is 6.74. The largest absolute Gasteiger partial charge is 0.404 e. The van der Waals surface area contributed by atoms with Crippen molar-refractivity contribution in [3.05, 3.63) is 12.2 Å². The molecule has 0 spiro atoms. The lowest BCUT2D eigenvalue weighted by molar-refractivity contribution is -0.158. The van der Waals surface area contributed by atoms with Crippen molar-refractivity contribution in [3.63, 3.8) is 0 Å². The summed E-state index contributed by atoms with van der Waals surface area (Å²) in [6.07, 6.45) is -2.76. The van der Waals surface area contributed by atoms with Crippen LogP contribution in [0.5, 0.6) is 0 Å². The maximum absolute atomic E-state index is 12.9. The molecular weight excluding hydrogens is 312 g/mol. The molecule has 0 bridgehead atoms. The summed E-state index contributed by atoms with van der Waals surface area (Å²) in [7, 11) is -2.24. The number of aliphatic hydroxyl groups is 1. The van der Waals surface area contributed by atoms with Crippen LogP contribution in [0.15, 0.2) is 12.2 Å². The second kappa shape index (κ2) is 6.76. The van der Waals surface area contributed by atoms with E-state index in [1.165, 1.54) is 0 Å². The van der Waals surface area contributed by atoms with Crippen molar-refractivity contribution in [3.8, 4) is 0 Å². The van der Waals surface area contributed by atoms with E-state index in [1.807, 2.05) is 13.1 Å². The fraction of sp³-hybridized carbons (Fsp3) is 0.824. The number of ether oxygens (including phenoxy) is 2. The Labute approximate surface area is 141 Å². The zero-order valence-corrected chi connectivity index (χ0v) is 16.7. The minimum atomic E-state index is -2.24. The number of Topliss-reactive ketones (excluding diaryl/α,β-unsaturated/α-hetero) is 1. The first-order valence-corrected chi connectivity index (χ1v) is 11.0. The van der Waals surface area contributed by atoms with Crippen molar-refractivity contribution >= 4 is 14.1 Å². The summed E-state index contributed by atoms with van der Waals surface area (Å²) in [5.74, 6) is -1.08. The number of hydrogen-bond acceptors (Lipinski definition) is 5. The average molecular weight is 345 g/mol. The topological polar surface area (TPSA) is 65.0 Å². The molecule has 1 saturated heterocycles. The van der Waals surface area contributed by atoms with Gasteiger partial charge in [0.1, 0.15) is 18.3 Å². The van der Waals surface area contributed by atoms with Crippen molar-refractivity contribution in [2.45, 2.75) is 83.8 Å². The molecule has 0 amide bonds. The quantitative estimate of drug-likeness (QED) is 0.593. The lowest BCUT2D eigenvalue weighted by Crippen LogP contribution is -2.52. The first kappa shape index (κ1) is 20.5. The normalized spacial score (nSPS) is 24.3. The summed E-state index contributed by atoms with van der Waals surface area (Å²) in [5.41, 5.74) is 0.500. The Balaban J connectivity index is 3.02. The molecule has 0 aromatic carbocycles. The van der Waals surface area contributed by atoms with E-state index in [1.54, 1.807) is 20.8 Å². The van der Waals surface area contributed by atoms with Gasteiger partial charge >= 0.3 is 0 Å². The predicted molar refractivity (Wildman–Crippen MR) is 92.8 cm³/mol. The average Bonchev–Trinajstić information content (AvgIpc) is 2.73. The highest BCUT2D eigenvalue weighted by atomic mass is 28.4. The maximum atomic E-state index is 12.9. The van der Waals surface area contributed by atoms with Gasteiger partial charge in [-0.1, -0.05) is 27.4 Å². The molecule has 134 valence electrons. The molecule has 6 heteroatoms. The predicted octanol–water partition coefficient (Wildman–Crippen LogP) is 3.03. The van der Waals surface area contributed by atoms with Crippen molar-refractivity contribution in [1.82, 2.24) is 0 Å². The zero-order chi connectivity index (χ0) is 18.2. The molecule has 1 N–H and O–H groups in total. The molecule has 3 atom stereocenters. The van der Waals surface area contributed by atoms with E-state index in [9.17, 15) is 9.90 Å². The van der Waals surface area contributed by atoms with Crippen LogP contribution in [-0.4, -0.2) is 49.9 Å². The van der Waals surface area contributed by atoms with E-state index < -0.39 is 32.4 Å². The maximum Gasteiger partial charge on any atom is 0.194 e. The number of carbonyl (C=O) groups excluding carboxylic acids is 1. The zero-order valence-electron chi connectivity index (χ0n) is 15.7. The number of carbonyl (C=O) groups is 1. The van der Waals surface area contributed by atoms with Gasteiger partial charge in [0.2, 0.25) is 0 Å². The van der Waals surface area contributed by atoms with Crippen LogP contribution >= 0.6 is 0 Å². The van der Waals surface area contributed by atoms with Crippen LogP contribution in [0.25, 0.3) is 0 Å². The fourth-order valence-electron chi connectivity index (χ4n) is 2.04. The Hall–Kier alpha value is -0.533. The molecule has 0 radical (unpaired) electrons. The molecule has 1 aliphatic heterocycles. The molecule has 5 nitrogen and oxygen atoms in total. The Morgan fingerprint density at radius 2 is 1.91 bits per heavy atom. The van der Waals surface area contributed by atoms with Crippen LogP contribution in [0.2, 0.25) is 18.1 Å². The van der Waals surface area contributed by atoms with E-state index in [0.717, 1.165) is 0 Å². The molecule has 23 heavy (non-hydrogen) atoms. The summed E-state index contributed by atoms with van der Waals surface area (Å²) in [6.45, 7) is 19.5. The highest BCUT2D eigenvalue weighted by Crippen LogP contribution is 2.38. The van der Waals surface area contributed by atoms with Crippen LogP contribution in [-0.2, 0) is 18.7 Å². The highest BCUT2D eigenvalue weighted by Gasteiger charge is 2.47. The molecule has 0 unspecified atom stereocenters. The molecule has 0 saturated carbocycles. The second-order valence-electron chi connectivity index (χ2n) is 8.31. The molecule has 0 aromatic heterocycles. The molecule has 0 aliphatic carbocycles. The molecule has 1 rings (SSSR count). The van der Waals surface area contributed by atoms with Gasteiger partial charge in [-0.2, -0.15) is 0 Å². The molecule has 1 fully saturated rings. The van der Waals surface area contributed by atoms with Crippen LogP contribution in [0.4, 0.5) is 0 Å². The van der Waals surface area contributed by atoms with Gasteiger partial charge in [-0.3, -0.25) is 4.79 Å². The monoisotopic (exact) mass is 344 g/mol. The van der Waals surface area contributed by atoms with Gasteiger partial charge in [-0.15, -0.1) is 0 Å². The Bertz CT molecular complexity index is 464. The van der Waals surface area contributed by atoms with Gasteiger partial charge < -0.3 is 19.0 Å². The first-order valence-electron chi connectivity index (χ1n) is 8.05. The number of ketones is 1. The number of hydrogen-bond donors (Lipinski definition) is 1. The Kier molecular flexibility index (Phi) is 6.03. The van der Waals surface area contributed by atoms with Gasteiger partial charge in [0, 0.05) is 0 Å². The lowest BCUT2D eigenvalue weighted by Gasteiger charge is -2.40. The first-order chi connectivity index (χ1) is 10.2. The van der Waals surface area contributed by atoms with E-state index in [-0.39, 0.29) is 17.4 Å². The summed E-state index contributed by atoms with van der Waals surface area (Å²) >= 11 is 0. The summed E-state index contributed by atoms with van der Waals surface area (Å²) in [6, 6.07) is 0. The van der Waals surface area contributed by atoms with E-state index in [2.05, 4.69) is 27.4 Å². The fourth-order valence-corrected chi connectivity index (χ4v) is 3.27. The SMILES string of the molecule is C=C(C)[C@H](O)[C@@H](O[Si](C)(C)C(C)(C)C)C(=O)[C@@H]1COC(C)(C)O1. The van der Waals surface area contributed by atoms with Gasteiger partial charge in [0.25, 0.3) is 0 Å². The van der Waals surface area contributed by atoms with Gasteiger partial charge in [0.15, 0.2) is 19.9 Å². The molecular formula is C17H32O5Si. The molecule has 1 heterocycles. The van der Waals surface area contributed by atoms with Crippen LogP contribution in [0, 0.1) is 0 Å². The van der Waals surface area contributed by atoms with Gasteiger partial charge in [-0.05, 0) is 44.5 Å². The van der Waals surface area contributed by atoms with Crippen molar-refractivity contribution in [2.24, 2.45) is 0 Å². The number of rotatable bonds is 6. The van der Waals surface area contributed by atoms with Gasteiger partial charge in [0.05, 0.1) is 6.61 Å². The van der Waals surface area contributed by atoms with Crippen LogP contribution in [0.3, 0.4) is 0 Å².